The van der Waals surface area contributed by atoms with Gasteiger partial charge >= 0.3 is 6.09 Å². The average molecular weight is 215 g/mol. The Balaban J connectivity index is 2.15. The fourth-order valence-electron chi connectivity index (χ4n) is 1.56. The molecule has 3 nitrogen and oxygen atoms in total. The molecule has 1 aliphatic rings. The number of alkyl carbamates (subject to hydrolysis) is 1. The normalized spacial score (nSPS) is 18.2. The number of nitrogens with one attached hydrogen (secondary N) is 1. The Kier molecular flexibility index (Phi) is 3.98. The Morgan fingerprint density at radius 1 is 1.36 bits per heavy atom. The highest BCUT2D eigenvalue weighted by Gasteiger charge is 2.20. The molecule has 4 heteroatoms. The van der Waals surface area contributed by atoms with E-state index >= 15 is 0 Å². The highest BCUT2D eigenvalue weighted by Crippen LogP contribution is 2.17. The zero-order chi connectivity index (χ0) is 10.6. The summed E-state index contributed by atoms with van der Waals surface area (Å²) in [7, 11) is -1.26. The molecule has 0 heterocycles. The molecule has 0 unspecified atom stereocenters. The van der Waals surface area contributed by atoms with E-state index in [0.717, 1.165) is 12.8 Å². The van der Waals surface area contributed by atoms with Gasteiger partial charge in [0.2, 0.25) is 0 Å². The van der Waals surface area contributed by atoms with Crippen LogP contribution in [0.3, 0.4) is 0 Å². The number of ether oxygens (including phenoxy) is 1. The molecule has 0 aromatic heterocycles. The Morgan fingerprint density at radius 2 is 1.93 bits per heavy atom. The first-order chi connectivity index (χ1) is 6.47. The Bertz CT molecular complexity index is 195. The summed E-state index contributed by atoms with van der Waals surface area (Å²) in [5.41, 5.74) is 0. The highest BCUT2D eigenvalue weighted by molar-refractivity contribution is 6.76. The third-order valence-electron chi connectivity index (χ3n) is 2.31. The lowest BCUT2D eigenvalue weighted by Gasteiger charge is -2.17. The predicted octanol–water partition coefficient (Wildman–Crippen LogP) is 2.53. The lowest BCUT2D eigenvalue weighted by molar-refractivity contribution is 0.158. The van der Waals surface area contributed by atoms with Crippen LogP contribution in [-0.2, 0) is 4.74 Å². The first-order valence-corrected chi connectivity index (χ1v) is 9.11. The van der Waals surface area contributed by atoms with Crippen LogP contribution in [0.4, 0.5) is 4.79 Å². The third kappa shape index (κ3) is 4.65. The van der Waals surface area contributed by atoms with Gasteiger partial charge in [0.1, 0.15) is 0 Å². The maximum absolute atomic E-state index is 11.3. The van der Waals surface area contributed by atoms with E-state index in [1.54, 1.807) is 0 Å². The lowest BCUT2D eigenvalue weighted by Crippen LogP contribution is -2.37. The third-order valence-corrected chi connectivity index (χ3v) is 3.32. The van der Waals surface area contributed by atoms with Gasteiger partial charge < -0.3 is 10.1 Å². The van der Waals surface area contributed by atoms with Gasteiger partial charge in [-0.25, -0.2) is 4.79 Å². The van der Waals surface area contributed by atoms with Gasteiger partial charge in [0.15, 0.2) is 0 Å². The molecule has 0 bridgehead atoms. The standard InChI is InChI=1S/C10H21NO2Si/c1-14(2,3)8-13-10(12)11-9-6-4-5-7-9/h9H,4-8H2,1-3H3,(H,11,12). The van der Waals surface area contributed by atoms with Gasteiger partial charge in [-0.15, -0.1) is 0 Å². The topological polar surface area (TPSA) is 38.3 Å². The molecule has 1 fully saturated rings. The van der Waals surface area contributed by atoms with Crippen molar-refractivity contribution in [2.75, 3.05) is 6.23 Å². The van der Waals surface area contributed by atoms with Crippen molar-refractivity contribution in [3.8, 4) is 0 Å². The molecule has 0 spiro atoms. The number of amides is 1. The van der Waals surface area contributed by atoms with Crippen LogP contribution in [0.2, 0.25) is 19.6 Å². The number of carbonyl (C=O) groups excluding carboxylic acids is 1. The first-order valence-electron chi connectivity index (χ1n) is 5.41. The maximum Gasteiger partial charge on any atom is 0.407 e. The molecule has 1 saturated carbocycles. The second-order valence-corrected chi connectivity index (χ2v) is 10.7. The van der Waals surface area contributed by atoms with Gasteiger partial charge in [-0.2, -0.15) is 0 Å². The van der Waals surface area contributed by atoms with Crippen LogP contribution in [0.15, 0.2) is 0 Å². The smallest absolute Gasteiger partial charge is 0.407 e. The van der Waals surface area contributed by atoms with Crippen molar-refractivity contribution >= 4 is 14.2 Å². The minimum absolute atomic E-state index is 0.223. The van der Waals surface area contributed by atoms with Gasteiger partial charge in [0.25, 0.3) is 0 Å². The fraction of sp³-hybridized carbons (Fsp3) is 0.900. The molecule has 0 aromatic carbocycles. The minimum atomic E-state index is -1.26. The SMILES string of the molecule is C[Si](C)(C)COC(=O)NC1CCCC1. The van der Waals surface area contributed by atoms with Gasteiger partial charge in [-0.1, -0.05) is 32.5 Å². The van der Waals surface area contributed by atoms with Crippen molar-refractivity contribution in [2.24, 2.45) is 0 Å². The largest absolute Gasteiger partial charge is 0.453 e. The van der Waals surface area contributed by atoms with Crippen LogP contribution in [0, 0.1) is 0 Å². The molecule has 82 valence electrons. The minimum Gasteiger partial charge on any atom is -0.453 e. The molecule has 1 N–H and O–H groups in total. The second kappa shape index (κ2) is 4.82. The van der Waals surface area contributed by atoms with Crippen LogP contribution in [-0.4, -0.2) is 26.4 Å². The Labute approximate surface area is 87.2 Å². The molecule has 0 saturated heterocycles. The number of hydrogen-bond donors (Lipinski definition) is 1. The van der Waals surface area contributed by atoms with E-state index in [2.05, 4.69) is 25.0 Å². The molecule has 0 aromatic rings. The summed E-state index contributed by atoms with van der Waals surface area (Å²) in [5.74, 6) is 0. The van der Waals surface area contributed by atoms with E-state index in [1.807, 2.05) is 0 Å². The quantitative estimate of drug-likeness (QED) is 0.735. The maximum atomic E-state index is 11.3. The van der Waals surface area contributed by atoms with Crippen molar-refractivity contribution in [1.29, 1.82) is 0 Å². The van der Waals surface area contributed by atoms with Gasteiger partial charge in [0, 0.05) is 6.04 Å². The molecule has 0 aliphatic heterocycles. The van der Waals surface area contributed by atoms with Crippen molar-refractivity contribution in [3.63, 3.8) is 0 Å². The van der Waals surface area contributed by atoms with Gasteiger partial charge in [-0.3, -0.25) is 0 Å². The summed E-state index contributed by atoms with van der Waals surface area (Å²) in [6.45, 7) is 6.57. The van der Waals surface area contributed by atoms with Crippen LogP contribution < -0.4 is 5.32 Å². The first kappa shape index (κ1) is 11.6. The summed E-state index contributed by atoms with van der Waals surface area (Å²) >= 11 is 0. The second-order valence-electron chi connectivity index (χ2n) is 5.26. The number of hydrogen-bond acceptors (Lipinski definition) is 2. The highest BCUT2D eigenvalue weighted by atomic mass is 28.3. The van der Waals surface area contributed by atoms with Crippen molar-refractivity contribution in [1.82, 2.24) is 5.32 Å². The molecule has 1 aliphatic carbocycles. The van der Waals surface area contributed by atoms with E-state index in [9.17, 15) is 4.79 Å². The Hall–Kier alpha value is -0.513. The fourth-order valence-corrected chi connectivity index (χ4v) is 2.12. The predicted molar refractivity (Wildman–Crippen MR) is 60.1 cm³/mol. The van der Waals surface area contributed by atoms with Crippen LogP contribution in [0.25, 0.3) is 0 Å². The Morgan fingerprint density at radius 3 is 2.43 bits per heavy atom. The monoisotopic (exact) mass is 215 g/mol. The molecular formula is C10H21NO2Si. The molecule has 0 radical (unpaired) electrons. The molecular weight excluding hydrogens is 194 g/mol. The van der Waals surface area contributed by atoms with Crippen molar-refractivity contribution in [3.05, 3.63) is 0 Å². The van der Waals surface area contributed by atoms with Crippen LogP contribution in [0.5, 0.6) is 0 Å². The zero-order valence-electron chi connectivity index (χ0n) is 9.43. The zero-order valence-corrected chi connectivity index (χ0v) is 10.4. The summed E-state index contributed by atoms with van der Waals surface area (Å²) in [6.07, 6.45) is 5.09. The van der Waals surface area contributed by atoms with E-state index < -0.39 is 8.07 Å². The van der Waals surface area contributed by atoms with E-state index in [0.29, 0.717) is 12.3 Å². The van der Waals surface area contributed by atoms with Gasteiger partial charge in [-0.05, 0) is 12.8 Å². The van der Waals surface area contributed by atoms with Crippen molar-refractivity contribution < 1.29 is 9.53 Å². The summed E-state index contributed by atoms with van der Waals surface area (Å²) in [6, 6.07) is 0.365. The summed E-state index contributed by atoms with van der Waals surface area (Å²) < 4.78 is 5.18. The van der Waals surface area contributed by atoms with E-state index in [1.165, 1.54) is 12.8 Å². The molecule has 14 heavy (non-hydrogen) atoms. The molecule has 1 rings (SSSR count). The summed E-state index contributed by atoms with van der Waals surface area (Å²) in [4.78, 5) is 11.3. The molecule has 1 amide bonds. The number of carbonyl (C=O) groups is 1. The number of rotatable bonds is 3. The average Bonchev–Trinajstić information content (AvgIpc) is 2.52. The summed E-state index contributed by atoms with van der Waals surface area (Å²) in [5, 5.41) is 2.91. The lowest BCUT2D eigenvalue weighted by atomic mass is 10.3. The van der Waals surface area contributed by atoms with E-state index in [4.69, 9.17) is 4.74 Å². The van der Waals surface area contributed by atoms with E-state index in [-0.39, 0.29) is 6.09 Å². The molecule has 0 atom stereocenters. The van der Waals surface area contributed by atoms with Crippen molar-refractivity contribution in [2.45, 2.75) is 51.4 Å². The van der Waals surface area contributed by atoms with Crippen LogP contribution in [0.1, 0.15) is 25.7 Å². The van der Waals surface area contributed by atoms with Gasteiger partial charge in [0.05, 0.1) is 14.3 Å². The van der Waals surface area contributed by atoms with Crippen LogP contribution >= 0.6 is 0 Å².